The first kappa shape index (κ1) is 13.1. The fourth-order valence-electron chi connectivity index (χ4n) is 2.47. The van der Waals surface area contributed by atoms with Crippen LogP contribution in [0.4, 0.5) is 15.8 Å². The van der Waals surface area contributed by atoms with Crippen LogP contribution >= 0.6 is 11.3 Å². The van der Waals surface area contributed by atoms with Gasteiger partial charge in [0.05, 0.1) is 4.92 Å². The van der Waals surface area contributed by atoms with Crippen molar-refractivity contribution in [1.29, 1.82) is 0 Å². The maximum Gasteiger partial charge on any atom is 0.292 e. The molecule has 1 aliphatic rings. The highest BCUT2D eigenvalue weighted by atomic mass is 32.1. The topological polar surface area (TPSA) is 55.2 Å². The molecule has 0 fully saturated rings. The van der Waals surface area contributed by atoms with Gasteiger partial charge in [-0.1, -0.05) is 0 Å². The molecule has 1 aromatic heterocycles. The molecule has 0 aliphatic heterocycles. The molecule has 1 aromatic carbocycles. The fourth-order valence-corrected chi connectivity index (χ4v) is 3.67. The van der Waals surface area contributed by atoms with Crippen molar-refractivity contribution < 1.29 is 9.31 Å². The minimum absolute atomic E-state index is 0.101. The largest absolute Gasteiger partial charge is 0.375 e. The van der Waals surface area contributed by atoms with Gasteiger partial charge in [-0.15, -0.1) is 11.3 Å². The molecule has 0 radical (unpaired) electrons. The highest BCUT2D eigenvalue weighted by Gasteiger charge is 2.17. The Labute approximate surface area is 119 Å². The van der Waals surface area contributed by atoms with E-state index in [0.717, 1.165) is 23.8 Å². The van der Waals surface area contributed by atoms with E-state index in [2.05, 4.69) is 11.4 Å². The maximum absolute atomic E-state index is 13.2. The second-order valence-corrected chi connectivity index (χ2v) is 6.01. The van der Waals surface area contributed by atoms with E-state index in [0.29, 0.717) is 6.54 Å². The molecule has 2 aromatic rings. The lowest BCUT2D eigenvalue weighted by atomic mass is 10.2. The van der Waals surface area contributed by atoms with Gasteiger partial charge >= 0.3 is 0 Å². The first-order valence-electron chi connectivity index (χ1n) is 6.42. The van der Waals surface area contributed by atoms with E-state index in [1.54, 1.807) is 11.3 Å². The molecular formula is C14H13FN2O2S. The van der Waals surface area contributed by atoms with E-state index < -0.39 is 10.7 Å². The number of fused-ring (bicyclic) bond motifs is 1. The normalized spacial score (nSPS) is 13.2. The molecule has 0 saturated carbocycles. The molecule has 0 spiro atoms. The summed E-state index contributed by atoms with van der Waals surface area (Å²) < 4.78 is 13.2. The van der Waals surface area contributed by atoms with Crippen molar-refractivity contribution in [2.45, 2.75) is 25.8 Å². The molecule has 1 N–H and O–H groups in total. The zero-order valence-electron chi connectivity index (χ0n) is 10.7. The van der Waals surface area contributed by atoms with E-state index in [-0.39, 0.29) is 11.4 Å². The van der Waals surface area contributed by atoms with E-state index in [4.69, 9.17) is 0 Å². The molecule has 0 amide bonds. The number of halogens is 1. The third-order valence-electron chi connectivity index (χ3n) is 3.41. The quantitative estimate of drug-likeness (QED) is 0.687. The smallest absolute Gasteiger partial charge is 0.292 e. The second kappa shape index (κ2) is 5.20. The van der Waals surface area contributed by atoms with Crippen molar-refractivity contribution in [3.05, 3.63) is 55.5 Å². The zero-order chi connectivity index (χ0) is 14.1. The van der Waals surface area contributed by atoms with Crippen molar-refractivity contribution in [3.63, 3.8) is 0 Å². The molecule has 1 aliphatic carbocycles. The molecule has 0 atom stereocenters. The van der Waals surface area contributed by atoms with Gasteiger partial charge in [-0.05, 0) is 37.0 Å². The standard InChI is InChI=1S/C14H13FN2O2S/c15-10-4-5-13(17(18)19)12(7-10)16-8-11-6-9-2-1-3-14(9)20-11/h4-7,16H,1-3,8H2. The molecule has 20 heavy (non-hydrogen) atoms. The third-order valence-corrected chi connectivity index (χ3v) is 4.64. The first-order valence-corrected chi connectivity index (χ1v) is 7.23. The number of rotatable bonds is 4. The number of nitrogens with zero attached hydrogens (tertiary/aromatic N) is 1. The van der Waals surface area contributed by atoms with Gasteiger partial charge < -0.3 is 5.32 Å². The number of benzene rings is 1. The van der Waals surface area contributed by atoms with Gasteiger partial charge in [0.2, 0.25) is 0 Å². The van der Waals surface area contributed by atoms with E-state index >= 15 is 0 Å². The molecular weight excluding hydrogens is 279 g/mol. The summed E-state index contributed by atoms with van der Waals surface area (Å²) in [7, 11) is 0. The van der Waals surface area contributed by atoms with Crippen LogP contribution in [0.5, 0.6) is 0 Å². The van der Waals surface area contributed by atoms with Gasteiger partial charge in [0.15, 0.2) is 0 Å². The van der Waals surface area contributed by atoms with Crippen molar-refractivity contribution in [2.24, 2.45) is 0 Å². The minimum atomic E-state index is -0.504. The molecule has 0 bridgehead atoms. The highest BCUT2D eigenvalue weighted by molar-refractivity contribution is 7.12. The molecule has 0 unspecified atom stereocenters. The average molecular weight is 292 g/mol. The van der Waals surface area contributed by atoms with Crippen molar-refractivity contribution >= 4 is 22.7 Å². The average Bonchev–Trinajstić information content (AvgIpc) is 2.96. The second-order valence-electron chi connectivity index (χ2n) is 4.79. The maximum atomic E-state index is 13.2. The molecule has 6 heteroatoms. The molecule has 104 valence electrons. The summed E-state index contributed by atoms with van der Waals surface area (Å²) in [4.78, 5) is 12.9. The number of anilines is 1. The molecule has 1 heterocycles. The predicted octanol–water partition coefficient (Wildman–Crippen LogP) is 3.90. The van der Waals surface area contributed by atoms with Gasteiger partial charge in [0.25, 0.3) is 5.69 Å². The summed E-state index contributed by atoms with van der Waals surface area (Å²) in [6.07, 6.45) is 3.45. The van der Waals surface area contributed by atoms with Crippen LogP contribution in [0.2, 0.25) is 0 Å². The van der Waals surface area contributed by atoms with Crippen molar-refractivity contribution in [2.75, 3.05) is 5.32 Å². The Kier molecular flexibility index (Phi) is 3.40. The van der Waals surface area contributed by atoms with Crippen LogP contribution in [-0.2, 0) is 19.4 Å². The van der Waals surface area contributed by atoms with Crippen molar-refractivity contribution in [1.82, 2.24) is 0 Å². The fraction of sp³-hybridized carbons (Fsp3) is 0.286. The Balaban J connectivity index is 1.77. The Morgan fingerprint density at radius 2 is 2.20 bits per heavy atom. The SMILES string of the molecule is O=[N+]([O-])c1ccc(F)cc1NCc1cc2c(s1)CCC2. The van der Waals surface area contributed by atoms with Crippen LogP contribution in [0.1, 0.15) is 21.7 Å². The van der Waals surface area contributed by atoms with Crippen LogP contribution < -0.4 is 5.32 Å². The summed E-state index contributed by atoms with van der Waals surface area (Å²) >= 11 is 1.73. The number of nitro groups is 1. The van der Waals surface area contributed by atoms with Crippen molar-refractivity contribution in [3.8, 4) is 0 Å². The van der Waals surface area contributed by atoms with Crippen LogP contribution in [0.25, 0.3) is 0 Å². The van der Waals surface area contributed by atoms with Gasteiger partial charge in [0.1, 0.15) is 11.5 Å². The summed E-state index contributed by atoms with van der Waals surface area (Å²) in [5.41, 5.74) is 1.51. The summed E-state index contributed by atoms with van der Waals surface area (Å²) in [6.45, 7) is 0.488. The van der Waals surface area contributed by atoms with Crippen LogP contribution in [0.15, 0.2) is 24.3 Å². The Morgan fingerprint density at radius 1 is 1.35 bits per heavy atom. The van der Waals surface area contributed by atoms with E-state index in [1.807, 2.05) is 0 Å². The first-order chi connectivity index (χ1) is 9.63. The number of hydrogen-bond acceptors (Lipinski definition) is 4. The van der Waals surface area contributed by atoms with Crippen LogP contribution in [-0.4, -0.2) is 4.92 Å². The Morgan fingerprint density at radius 3 is 2.95 bits per heavy atom. The number of aryl methyl sites for hydroxylation is 2. The Hall–Kier alpha value is -1.95. The Bertz CT molecular complexity index is 648. The minimum Gasteiger partial charge on any atom is -0.375 e. The van der Waals surface area contributed by atoms with Crippen LogP contribution in [0, 0.1) is 15.9 Å². The number of hydrogen-bond donors (Lipinski definition) is 1. The van der Waals surface area contributed by atoms with E-state index in [9.17, 15) is 14.5 Å². The highest BCUT2D eigenvalue weighted by Crippen LogP contribution is 2.32. The zero-order valence-corrected chi connectivity index (χ0v) is 11.5. The van der Waals surface area contributed by atoms with Gasteiger partial charge in [0, 0.05) is 28.4 Å². The number of nitrogens with one attached hydrogen (secondary N) is 1. The lowest BCUT2D eigenvalue weighted by Crippen LogP contribution is -2.02. The van der Waals surface area contributed by atoms with E-state index in [1.165, 1.54) is 29.0 Å². The van der Waals surface area contributed by atoms with Gasteiger partial charge in [-0.25, -0.2) is 4.39 Å². The predicted molar refractivity (Wildman–Crippen MR) is 76.7 cm³/mol. The van der Waals surface area contributed by atoms with Crippen LogP contribution in [0.3, 0.4) is 0 Å². The lowest BCUT2D eigenvalue weighted by molar-refractivity contribution is -0.384. The van der Waals surface area contributed by atoms with Gasteiger partial charge in [-0.2, -0.15) is 0 Å². The molecule has 0 saturated heterocycles. The lowest BCUT2D eigenvalue weighted by Gasteiger charge is -2.06. The monoisotopic (exact) mass is 292 g/mol. The molecule has 3 rings (SSSR count). The summed E-state index contributed by atoms with van der Waals surface area (Å²) in [5.74, 6) is -0.480. The van der Waals surface area contributed by atoms with Gasteiger partial charge in [-0.3, -0.25) is 10.1 Å². The third kappa shape index (κ3) is 2.51. The number of nitro benzene ring substituents is 1. The number of thiophene rings is 1. The summed E-state index contributed by atoms with van der Waals surface area (Å²) in [6, 6.07) is 5.60. The summed E-state index contributed by atoms with van der Waals surface area (Å²) in [5, 5.41) is 13.9. The molecule has 4 nitrogen and oxygen atoms in total.